The lowest BCUT2D eigenvalue weighted by Crippen LogP contribution is -2.42. The number of sulfonamides is 1. The van der Waals surface area contributed by atoms with Crippen molar-refractivity contribution in [2.75, 3.05) is 5.73 Å². The van der Waals surface area contributed by atoms with Crippen LogP contribution in [0, 0.1) is 11.6 Å². The molecular weight excluding hydrogens is 268 g/mol. The zero-order chi connectivity index (χ0) is 14.1. The molecule has 5 N–H and O–H groups in total. The van der Waals surface area contributed by atoms with Crippen LogP contribution >= 0.6 is 0 Å². The van der Waals surface area contributed by atoms with Gasteiger partial charge in [-0.1, -0.05) is 0 Å². The molecule has 0 aliphatic rings. The van der Waals surface area contributed by atoms with E-state index in [9.17, 15) is 22.0 Å². The van der Waals surface area contributed by atoms with Gasteiger partial charge in [-0.25, -0.2) is 17.2 Å². The van der Waals surface area contributed by atoms with Crippen molar-refractivity contribution in [1.82, 2.24) is 4.72 Å². The molecule has 100 valence electrons. The maximum atomic E-state index is 13.5. The van der Waals surface area contributed by atoms with Crippen LogP contribution in [-0.4, -0.2) is 20.4 Å². The van der Waals surface area contributed by atoms with E-state index in [4.69, 9.17) is 11.5 Å². The van der Waals surface area contributed by atoms with Crippen LogP contribution in [-0.2, 0) is 14.8 Å². The molecule has 6 nitrogen and oxygen atoms in total. The second-order valence-corrected chi connectivity index (χ2v) is 5.20. The van der Waals surface area contributed by atoms with E-state index in [0.717, 1.165) is 0 Å². The van der Waals surface area contributed by atoms with Gasteiger partial charge in [-0.05, 0) is 19.1 Å². The SMILES string of the molecule is CC(NS(=O)(=O)c1ccc(F)c(N)c1F)C(N)=O. The molecule has 18 heavy (non-hydrogen) atoms. The summed E-state index contributed by atoms with van der Waals surface area (Å²) in [4.78, 5) is 9.88. The van der Waals surface area contributed by atoms with Gasteiger partial charge in [0, 0.05) is 0 Å². The van der Waals surface area contributed by atoms with Crippen molar-refractivity contribution in [1.29, 1.82) is 0 Å². The van der Waals surface area contributed by atoms with Crippen LogP contribution in [0.25, 0.3) is 0 Å². The largest absolute Gasteiger partial charge is 0.394 e. The average molecular weight is 279 g/mol. The third kappa shape index (κ3) is 2.74. The van der Waals surface area contributed by atoms with Crippen molar-refractivity contribution in [3.05, 3.63) is 23.8 Å². The number of benzene rings is 1. The molecule has 0 radical (unpaired) electrons. The van der Waals surface area contributed by atoms with E-state index in [1.807, 2.05) is 4.72 Å². The fourth-order valence-corrected chi connectivity index (χ4v) is 2.41. The standard InChI is InChI=1S/C9H11F2N3O3S/c1-4(9(13)15)14-18(16,17)6-3-2-5(10)8(12)7(6)11/h2-4,14H,12H2,1H3,(H2,13,15). The molecule has 9 heteroatoms. The molecule has 0 bridgehead atoms. The van der Waals surface area contributed by atoms with Crippen molar-refractivity contribution < 1.29 is 22.0 Å². The summed E-state index contributed by atoms with van der Waals surface area (Å²) in [7, 11) is -4.35. The Morgan fingerprint density at radius 3 is 2.44 bits per heavy atom. The summed E-state index contributed by atoms with van der Waals surface area (Å²) in [6.45, 7) is 1.19. The number of nitrogens with one attached hydrogen (secondary N) is 1. The Labute approximate surface area is 102 Å². The third-order valence-corrected chi connectivity index (χ3v) is 3.70. The maximum absolute atomic E-state index is 13.5. The topological polar surface area (TPSA) is 115 Å². The number of rotatable bonds is 4. The van der Waals surface area contributed by atoms with Crippen LogP contribution in [0.3, 0.4) is 0 Å². The molecule has 0 heterocycles. The number of halogens is 2. The highest BCUT2D eigenvalue weighted by Gasteiger charge is 2.25. The van der Waals surface area contributed by atoms with E-state index in [2.05, 4.69) is 0 Å². The van der Waals surface area contributed by atoms with Gasteiger partial charge in [-0.15, -0.1) is 0 Å². The third-order valence-electron chi connectivity index (χ3n) is 2.14. The van der Waals surface area contributed by atoms with Crippen LogP contribution in [0.1, 0.15) is 6.92 Å². The number of carbonyl (C=O) groups is 1. The first kappa shape index (κ1) is 14.3. The summed E-state index contributed by atoms with van der Waals surface area (Å²) in [5.41, 5.74) is 8.99. The number of primary amides is 1. The number of carbonyl (C=O) groups excluding carboxylic acids is 1. The lowest BCUT2D eigenvalue weighted by molar-refractivity contribution is -0.119. The van der Waals surface area contributed by atoms with Crippen LogP contribution in [0.15, 0.2) is 17.0 Å². The molecule has 0 spiro atoms. The van der Waals surface area contributed by atoms with E-state index in [-0.39, 0.29) is 0 Å². The van der Waals surface area contributed by atoms with Crippen LogP contribution < -0.4 is 16.2 Å². The summed E-state index contributed by atoms with van der Waals surface area (Å²) in [6, 6.07) is 0.180. The van der Waals surface area contributed by atoms with Gasteiger partial charge in [0.2, 0.25) is 15.9 Å². The Hall–Kier alpha value is -1.74. The Bertz CT molecular complexity index is 589. The Morgan fingerprint density at radius 1 is 1.39 bits per heavy atom. The second-order valence-electron chi connectivity index (χ2n) is 3.52. The lowest BCUT2D eigenvalue weighted by Gasteiger charge is -2.12. The first-order chi connectivity index (χ1) is 8.16. The van der Waals surface area contributed by atoms with Gasteiger partial charge in [0.1, 0.15) is 16.4 Å². The maximum Gasteiger partial charge on any atom is 0.244 e. The number of nitrogens with two attached hydrogens (primary N) is 2. The summed E-state index contributed by atoms with van der Waals surface area (Å²) in [5.74, 6) is -3.43. The molecule has 1 amide bonds. The smallest absolute Gasteiger partial charge is 0.244 e. The number of hydrogen-bond donors (Lipinski definition) is 3. The molecular formula is C9H11F2N3O3S. The number of anilines is 1. The van der Waals surface area contributed by atoms with E-state index in [1.165, 1.54) is 6.92 Å². The minimum absolute atomic E-state index is 0.705. The predicted molar refractivity (Wildman–Crippen MR) is 59.7 cm³/mol. The van der Waals surface area contributed by atoms with Crippen molar-refractivity contribution in [3.8, 4) is 0 Å². The van der Waals surface area contributed by atoms with Gasteiger partial charge in [0.05, 0.1) is 6.04 Å². The second kappa shape index (κ2) is 4.86. The molecule has 0 fully saturated rings. The predicted octanol–water partition coefficient (Wildman–Crippen LogP) is -0.301. The lowest BCUT2D eigenvalue weighted by atomic mass is 10.3. The Kier molecular flexibility index (Phi) is 3.87. The Morgan fingerprint density at radius 2 is 1.94 bits per heavy atom. The zero-order valence-corrected chi connectivity index (χ0v) is 10.1. The van der Waals surface area contributed by atoms with Gasteiger partial charge in [-0.3, -0.25) is 4.79 Å². The fourth-order valence-electron chi connectivity index (χ4n) is 1.11. The minimum atomic E-state index is -4.35. The summed E-state index contributed by atoms with van der Waals surface area (Å²) in [6.07, 6.45) is 0. The van der Waals surface area contributed by atoms with E-state index in [1.54, 1.807) is 0 Å². The van der Waals surface area contributed by atoms with Crippen molar-refractivity contribution in [2.24, 2.45) is 5.73 Å². The number of amides is 1. The normalized spacial score (nSPS) is 13.3. The van der Waals surface area contributed by atoms with Crippen molar-refractivity contribution in [3.63, 3.8) is 0 Å². The summed E-state index contributed by atoms with van der Waals surface area (Å²) >= 11 is 0. The number of nitrogen functional groups attached to an aromatic ring is 1. The molecule has 1 aromatic rings. The van der Waals surface area contributed by atoms with Gasteiger partial charge >= 0.3 is 0 Å². The summed E-state index contributed by atoms with van der Waals surface area (Å²) in [5, 5.41) is 0. The molecule has 0 aliphatic carbocycles. The van der Waals surface area contributed by atoms with E-state index < -0.39 is 44.2 Å². The van der Waals surface area contributed by atoms with Crippen LogP contribution in [0.4, 0.5) is 14.5 Å². The molecule has 0 saturated heterocycles. The van der Waals surface area contributed by atoms with Gasteiger partial charge in [0.15, 0.2) is 5.82 Å². The molecule has 1 unspecified atom stereocenters. The highest BCUT2D eigenvalue weighted by Crippen LogP contribution is 2.22. The van der Waals surface area contributed by atoms with Crippen LogP contribution in [0.2, 0.25) is 0 Å². The monoisotopic (exact) mass is 279 g/mol. The molecule has 0 saturated carbocycles. The first-order valence-electron chi connectivity index (χ1n) is 4.72. The first-order valence-corrected chi connectivity index (χ1v) is 6.20. The minimum Gasteiger partial charge on any atom is -0.394 e. The van der Waals surface area contributed by atoms with Gasteiger partial charge in [-0.2, -0.15) is 4.72 Å². The Balaban J connectivity index is 3.22. The fraction of sp³-hybridized carbons (Fsp3) is 0.222. The van der Waals surface area contributed by atoms with Crippen molar-refractivity contribution >= 4 is 21.6 Å². The molecule has 0 aromatic heterocycles. The highest BCUT2D eigenvalue weighted by atomic mass is 32.2. The average Bonchev–Trinajstić information content (AvgIpc) is 2.24. The van der Waals surface area contributed by atoms with Crippen LogP contribution in [0.5, 0.6) is 0 Å². The highest BCUT2D eigenvalue weighted by molar-refractivity contribution is 7.89. The van der Waals surface area contributed by atoms with Crippen molar-refractivity contribution in [2.45, 2.75) is 17.9 Å². The van der Waals surface area contributed by atoms with Gasteiger partial charge < -0.3 is 11.5 Å². The number of hydrogen-bond acceptors (Lipinski definition) is 4. The van der Waals surface area contributed by atoms with E-state index >= 15 is 0 Å². The molecule has 1 rings (SSSR count). The molecule has 1 aromatic carbocycles. The van der Waals surface area contributed by atoms with Gasteiger partial charge in [0.25, 0.3) is 0 Å². The quantitative estimate of drug-likeness (QED) is 0.656. The molecule has 0 aliphatic heterocycles. The summed E-state index contributed by atoms with van der Waals surface area (Å²) < 4.78 is 51.6. The zero-order valence-electron chi connectivity index (χ0n) is 9.28. The van der Waals surface area contributed by atoms with E-state index in [0.29, 0.717) is 12.1 Å². The molecule has 1 atom stereocenters.